The average Bonchev–Trinajstić information content (AvgIpc) is 2.53. The fraction of sp³-hybridized carbons (Fsp3) is 0.176. The third-order valence-electron chi connectivity index (χ3n) is 3.31. The summed E-state index contributed by atoms with van der Waals surface area (Å²) in [5.74, 6) is -2.58. The third kappa shape index (κ3) is 4.29. The van der Waals surface area contributed by atoms with E-state index < -0.39 is 23.2 Å². The highest BCUT2D eigenvalue weighted by Gasteiger charge is 2.20. The standard InChI is InChI=1S/C17H15ClF2N2O2/c1-11(23)22(16-14(19)3-2-4-15(16)20)10-9-21-17(24)12-5-7-13(18)8-6-12/h2-8H,9-10H2,1H3,(H,21,24). The Morgan fingerprint density at radius 1 is 1.08 bits per heavy atom. The molecule has 0 bridgehead atoms. The van der Waals surface area contributed by atoms with Gasteiger partial charge in [-0.1, -0.05) is 17.7 Å². The van der Waals surface area contributed by atoms with E-state index in [0.717, 1.165) is 17.0 Å². The summed E-state index contributed by atoms with van der Waals surface area (Å²) < 4.78 is 27.6. The highest BCUT2D eigenvalue weighted by molar-refractivity contribution is 6.30. The first-order valence-electron chi connectivity index (χ1n) is 7.16. The quantitative estimate of drug-likeness (QED) is 0.896. The Labute approximate surface area is 143 Å². The molecular weight excluding hydrogens is 338 g/mol. The smallest absolute Gasteiger partial charge is 0.251 e. The number of carbonyl (C=O) groups is 2. The topological polar surface area (TPSA) is 49.4 Å². The molecule has 2 aromatic carbocycles. The van der Waals surface area contributed by atoms with Gasteiger partial charge < -0.3 is 10.2 Å². The van der Waals surface area contributed by atoms with E-state index in [1.165, 1.54) is 13.0 Å². The molecule has 0 saturated heterocycles. The SMILES string of the molecule is CC(=O)N(CCNC(=O)c1ccc(Cl)cc1)c1c(F)cccc1F. The number of nitrogens with one attached hydrogen (secondary N) is 1. The summed E-state index contributed by atoms with van der Waals surface area (Å²) in [7, 11) is 0. The van der Waals surface area contributed by atoms with Gasteiger partial charge in [-0.25, -0.2) is 8.78 Å². The van der Waals surface area contributed by atoms with Gasteiger partial charge >= 0.3 is 0 Å². The van der Waals surface area contributed by atoms with Gasteiger partial charge in [0.2, 0.25) is 5.91 Å². The lowest BCUT2D eigenvalue weighted by atomic mass is 10.2. The van der Waals surface area contributed by atoms with Crippen molar-refractivity contribution in [2.45, 2.75) is 6.92 Å². The van der Waals surface area contributed by atoms with E-state index in [-0.39, 0.29) is 19.0 Å². The number of hydrogen-bond donors (Lipinski definition) is 1. The summed E-state index contributed by atoms with van der Waals surface area (Å²) in [6, 6.07) is 9.62. The molecule has 0 aliphatic carbocycles. The van der Waals surface area contributed by atoms with Gasteiger partial charge in [0.1, 0.15) is 17.3 Å². The molecule has 2 aromatic rings. The van der Waals surface area contributed by atoms with Gasteiger partial charge in [-0.3, -0.25) is 9.59 Å². The zero-order chi connectivity index (χ0) is 17.7. The number of para-hydroxylation sites is 1. The normalized spacial score (nSPS) is 10.3. The van der Waals surface area contributed by atoms with Crippen LogP contribution in [0, 0.1) is 11.6 Å². The van der Waals surface area contributed by atoms with Crippen LogP contribution in [0.2, 0.25) is 5.02 Å². The second-order valence-electron chi connectivity index (χ2n) is 5.00. The summed E-state index contributed by atoms with van der Waals surface area (Å²) >= 11 is 5.75. The summed E-state index contributed by atoms with van der Waals surface area (Å²) in [5, 5.41) is 3.10. The fourth-order valence-corrected chi connectivity index (χ4v) is 2.28. The molecule has 0 heterocycles. The minimum Gasteiger partial charge on any atom is -0.350 e. The molecule has 0 spiro atoms. The maximum atomic E-state index is 13.8. The van der Waals surface area contributed by atoms with E-state index in [1.807, 2.05) is 0 Å². The van der Waals surface area contributed by atoms with E-state index in [2.05, 4.69) is 5.32 Å². The predicted octanol–water partition coefficient (Wildman–Crippen LogP) is 3.40. The van der Waals surface area contributed by atoms with Crippen LogP contribution in [-0.4, -0.2) is 24.9 Å². The Hall–Kier alpha value is -2.47. The summed E-state index contributed by atoms with van der Waals surface area (Å²) in [6.45, 7) is 1.17. The first-order valence-corrected chi connectivity index (χ1v) is 7.54. The molecule has 1 N–H and O–H groups in total. The first-order chi connectivity index (χ1) is 11.4. The fourth-order valence-electron chi connectivity index (χ4n) is 2.16. The number of nitrogens with zero attached hydrogens (tertiary/aromatic N) is 1. The van der Waals surface area contributed by atoms with Crippen molar-refractivity contribution in [3.8, 4) is 0 Å². The Morgan fingerprint density at radius 2 is 1.67 bits per heavy atom. The molecule has 24 heavy (non-hydrogen) atoms. The molecule has 0 aliphatic heterocycles. The monoisotopic (exact) mass is 352 g/mol. The van der Waals surface area contributed by atoms with Gasteiger partial charge in [0.15, 0.2) is 0 Å². The molecule has 0 atom stereocenters. The summed E-state index contributed by atoms with van der Waals surface area (Å²) in [6.07, 6.45) is 0. The van der Waals surface area contributed by atoms with Gasteiger partial charge in [-0.15, -0.1) is 0 Å². The Bertz CT molecular complexity index is 731. The molecule has 0 saturated carbocycles. The van der Waals surface area contributed by atoms with Gasteiger partial charge in [-0.2, -0.15) is 0 Å². The van der Waals surface area contributed by atoms with Gasteiger partial charge in [-0.05, 0) is 36.4 Å². The van der Waals surface area contributed by atoms with Crippen molar-refractivity contribution in [2.24, 2.45) is 0 Å². The molecule has 2 amide bonds. The van der Waals surface area contributed by atoms with Crippen molar-refractivity contribution < 1.29 is 18.4 Å². The van der Waals surface area contributed by atoms with Crippen LogP contribution in [0.1, 0.15) is 17.3 Å². The van der Waals surface area contributed by atoms with Crippen LogP contribution >= 0.6 is 11.6 Å². The molecule has 4 nitrogen and oxygen atoms in total. The maximum absolute atomic E-state index is 13.8. The lowest BCUT2D eigenvalue weighted by Gasteiger charge is -2.22. The van der Waals surface area contributed by atoms with Crippen molar-refractivity contribution in [3.05, 3.63) is 64.7 Å². The Kier molecular flexibility index (Phi) is 5.87. The van der Waals surface area contributed by atoms with Crippen LogP contribution in [0.4, 0.5) is 14.5 Å². The number of rotatable bonds is 5. The molecular formula is C17H15ClF2N2O2. The molecule has 7 heteroatoms. The number of carbonyl (C=O) groups excluding carboxylic acids is 2. The second kappa shape index (κ2) is 7.88. The Balaban J connectivity index is 2.03. The van der Waals surface area contributed by atoms with Gasteiger partial charge in [0.25, 0.3) is 5.91 Å². The lowest BCUT2D eigenvalue weighted by Crippen LogP contribution is -2.38. The first kappa shape index (κ1) is 17.9. The number of benzene rings is 2. The molecule has 0 fully saturated rings. The highest BCUT2D eigenvalue weighted by atomic mass is 35.5. The van der Waals surface area contributed by atoms with E-state index in [9.17, 15) is 18.4 Å². The number of amides is 2. The Morgan fingerprint density at radius 3 is 2.21 bits per heavy atom. The largest absolute Gasteiger partial charge is 0.350 e. The van der Waals surface area contributed by atoms with Crippen molar-refractivity contribution in [1.82, 2.24) is 5.32 Å². The molecule has 0 aliphatic rings. The summed E-state index contributed by atoms with van der Waals surface area (Å²) in [4.78, 5) is 24.6. The van der Waals surface area contributed by atoms with Crippen molar-refractivity contribution in [1.29, 1.82) is 0 Å². The zero-order valence-electron chi connectivity index (χ0n) is 12.9. The average molecular weight is 353 g/mol. The number of anilines is 1. The van der Waals surface area contributed by atoms with E-state index in [0.29, 0.717) is 10.6 Å². The third-order valence-corrected chi connectivity index (χ3v) is 3.57. The van der Waals surface area contributed by atoms with Crippen molar-refractivity contribution in [3.63, 3.8) is 0 Å². The van der Waals surface area contributed by atoms with Crippen LogP contribution in [0.3, 0.4) is 0 Å². The predicted molar refractivity (Wildman–Crippen MR) is 88.2 cm³/mol. The minimum absolute atomic E-state index is 0.0365. The van der Waals surface area contributed by atoms with E-state index in [1.54, 1.807) is 24.3 Å². The van der Waals surface area contributed by atoms with Crippen LogP contribution in [0.5, 0.6) is 0 Å². The number of hydrogen-bond acceptors (Lipinski definition) is 2. The second-order valence-corrected chi connectivity index (χ2v) is 5.44. The van der Waals surface area contributed by atoms with E-state index >= 15 is 0 Å². The molecule has 2 rings (SSSR count). The zero-order valence-corrected chi connectivity index (χ0v) is 13.6. The van der Waals surface area contributed by atoms with Crippen LogP contribution in [-0.2, 0) is 4.79 Å². The number of halogens is 3. The van der Waals surface area contributed by atoms with Crippen LogP contribution in [0.15, 0.2) is 42.5 Å². The van der Waals surface area contributed by atoms with Crippen LogP contribution in [0.25, 0.3) is 0 Å². The van der Waals surface area contributed by atoms with Gasteiger partial charge in [0.05, 0.1) is 0 Å². The molecule has 0 unspecified atom stereocenters. The molecule has 126 valence electrons. The molecule has 0 radical (unpaired) electrons. The van der Waals surface area contributed by atoms with Gasteiger partial charge in [0, 0.05) is 30.6 Å². The minimum atomic E-state index is -0.839. The van der Waals surface area contributed by atoms with Crippen molar-refractivity contribution >= 4 is 29.1 Å². The lowest BCUT2D eigenvalue weighted by molar-refractivity contribution is -0.116. The molecule has 0 aromatic heterocycles. The van der Waals surface area contributed by atoms with Crippen molar-refractivity contribution in [2.75, 3.05) is 18.0 Å². The highest BCUT2D eigenvalue weighted by Crippen LogP contribution is 2.23. The van der Waals surface area contributed by atoms with E-state index in [4.69, 9.17) is 11.6 Å². The van der Waals surface area contributed by atoms with Crippen LogP contribution < -0.4 is 10.2 Å². The maximum Gasteiger partial charge on any atom is 0.251 e. The summed E-state index contributed by atoms with van der Waals surface area (Å²) in [5.41, 5.74) is -0.0309.